The maximum Gasteiger partial charge on any atom is 0.289 e. The molecular weight excluding hydrogens is 408 g/mol. The van der Waals surface area contributed by atoms with E-state index in [1.165, 1.54) is 0 Å². The van der Waals surface area contributed by atoms with Crippen LogP contribution in [0.3, 0.4) is 0 Å². The second-order valence-corrected chi connectivity index (χ2v) is 8.22. The van der Waals surface area contributed by atoms with Crippen molar-refractivity contribution in [3.63, 3.8) is 0 Å². The fraction of sp³-hybridized carbons (Fsp3) is 0.333. The number of likely N-dealkylation sites (tertiary alicyclic amines) is 1. The monoisotopic (exact) mass is 432 g/mol. The van der Waals surface area contributed by atoms with Crippen molar-refractivity contribution in [3.8, 4) is 11.5 Å². The summed E-state index contributed by atoms with van der Waals surface area (Å²) in [6, 6.07) is 13.3. The van der Waals surface area contributed by atoms with Crippen LogP contribution in [0.5, 0.6) is 0 Å². The van der Waals surface area contributed by atoms with Gasteiger partial charge in [-0.25, -0.2) is 0 Å². The maximum absolute atomic E-state index is 12.9. The van der Waals surface area contributed by atoms with Crippen molar-refractivity contribution >= 4 is 5.91 Å². The minimum absolute atomic E-state index is 0.0898. The highest BCUT2D eigenvalue weighted by atomic mass is 16.5. The molecule has 0 bridgehead atoms. The van der Waals surface area contributed by atoms with Gasteiger partial charge in [0.2, 0.25) is 11.8 Å². The Morgan fingerprint density at radius 1 is 1.09 bits per heavy atom. The Morgan fingerprint density at radius 3 is 2.72 bits per heavy atom. The van der Waals surface area contributed by atoms with E-state index in [4.69, 9.17) is 13.4 Å². The molecule has 4 heterocycles. The van der Waals surface area contributed by atoms with Crippen LogP contribution < -0.4 is 0 Å². The van der Waals surface area contributed by atoms with Crippen LogP contribution in [0.15, 0.2) is 55.8 Å². The molecule has 3 aromatic heterocycles. The Bertz CT molecular complexity index is 1200. The van der Waals surface area contributed by atoms with Crippen molar-refractivity contribution in [1.29, 1.82) is 0 Å². The molecule has 1 aliphatic rings. The quantitative estimate of drug-likeness (QED) is 0.450. The Morgan fingerprint density at radius 2 is 1.94 bits per heavy atom. The zero-order valence-electron chi connectivity index (χ0n) is 18.1. The predicted molar refractivity (Wildman–Crippen MR) is 115 cm³/mol. The minimum atomic E-state index is -0.0898. The summed E-state index contributed by atoms with van der Waals surface area (Å²) in [5, 5.41) is 12.3. The standard InChI is InChI=1S/C24H24N4O4/c1-15-20(16(2)32-27-15)13-19-8-9-21(30-19)24(29)28-11-10-17(14-28)12-22-25-26-23(31-22)18-6-4-3-5-7-18/h3-9,17H,10-14H2,1-2H3. The SMILES string of the molecule is Cc1noc(C)c1Cc1ccc(C(=O)N2CCC(Cc3nnc(-c4ccccc4)o3)C2)o1. The van der Waals surface area contributed by atoms with Crippen LogP contribution in [-0.4, -0.2) is 39.3 Å². The van der Waals surface area contributed by atoms with Gasteiger partial charge in [0.05, 0.1) is 5.69 Å². The number of nitrogens with zero attached hydrogens (tertiary/aromatic N) is 4. The van der Waals surface area contributed by atoms with Gasteiger partial charge in [0.15, 0.2) is 5.76 Å². The van der Waals surface area contributed by atoms with Crippen molar-refractivity contribution in [3.05, 3.63) is 76.9 Å². The van der Waals surface area contributed by atoms with Crippen molar-refractivity contribution in [2.45, 2.75) is 33.1 Å². The van der Waals surface area contributed by atoms with Gasteiger partial charge in [0.25, 0.3) is 5.91 Å². The fourth-order valence-electron chi connectivity index (χ4n) is 4.14. The summed E-state index contributed by atoms with van der Waals surface area (Å²) in [5.41, 5.74) is 2.74. The highest BCUT2D eigenvalue weighted by molar-refractivity contribution is 5.91. The molecule has 1 amide bonds. The average molecular weight is 432 g/mol. The molecule has 0 radical (unpaired) electrons. The first kappa shape index (κ1) is 20.2. The Hall–Kier alpha value is -3.68. The van der Waals surface area contributed by atoms with Gasteiger partial charge in [-0.1, -0.05) is 23.4 Å². The molecule has 0 N–H and O–H groups in total. The molecule has 4 aromatic rings. The molecule has 0 spiro atoms. The third-order valence-electron chi connectivity index (χ3n) is 5.93. The fourth-order valence-corrected chi connectivity index (χ4v) is 4.14. The molecule has 5 rings (SSSR count). The molecule has 0 saturated carbocycles. The lowest BCUT2D eigenvalue weighted by Gasteiger charge is -2.14. The number of furan rings is 1. The largest absolute Gasteiger partial charge is 0.456 e. The highest BCUT2D eigenvalue weighted by Gasteiger charge is 2.30. The van der Waals surface area contributed by atoms with Gasteiger partial charge in [-0.3, -0.25) is 4.79 Å². The van der Waals surface area contributed by atoms with E-state index in [9.17, 15) is 4.79 Å². The van der Waals surface area contributed by atoms with E-state index >= 15 is 0 Å². The van der Waals surface area contributed by atoms with Crippen LogP contribution in [0.2, 0.25) is 0 Å². The first-order valence-corrected chi connectivity index (χ1v) is 10.7. The number of amides is 1. The predicted octanol–water partition coefficient (Wildman–Crippen LogP) is 4.23. The second kappa shape index (κ2) is 8.45. The normalized spacial score (nSPS) is 16.1. The van der Waals surface area contributed by atoms with Crippen LogP contribution >= 0.6 is 0 Å². The lowest BCUT2D eigenvalue weighted by Crippen LogP contribution is -2.28. The number of benzene rings is 1. The van der Waals surface area contributed by atoms with Gasteiger partial charge >= 0.3 is 0 Å². The average Bonchev–Trinajstić information content (AvgIpc) is 3.60. The summed E-state index contributed by atoms with van der Waals surface area (Å²) < 4.78 is 16.9. The molecule has 164 valence electrons. The van der Waals surface area contributed by atoms with E-state index in [2.05, 4.69) is 15.4 Å². The molecule has 32 heavy (non-hydrogen) atoms. The first-order valence-electron chi connectivity index (χ1n) is 10.7. The van der Waals surface area contributed by atoms with Crippen LogP contribution in [0, 0.1) is 19.8 Å². The highest BCUT2D eigenvalue weighted by Crippen LogP contribution is 2.25. The summed E-state index contributed by atoms with van der Waals surface area (Å²) in [7, 11) is 0. The van der Waals surface area contributed by atoms with Crippen LogP contribution in [0.1, 0.15) is 45.6 Å². The van der Waals surface area contributed by atoms with E-state index in [0.717, 1.165) is 34.8 Å². The third-order valence-corrected chi connectivity index (χ3v) is 5.93. The van der Waals surface area contributed by atoms with Gasteiger partial charge in [-0.05, 0) is 50.5 Å². The van der Waals surface area contributed by atoms with Gasteiger partial charge in [0, 0.05) is 37.1 Å². The summed E-state index contributed by atoms with van der Waals surface area (Å²) in [5.74, 6) is 3.16. The summed E-state index contributed by atoms with van der Waals surface area (Å²) in [4.78, 5) is 14.8. The minimum Gasteiger partial charge on any atom is -0.456 e. The summed E-state index contributed by atoms with van der Waals surface area (Å²) in [6.07, 6.45) is 2.10. The Balaban J connectivity index is 1.19. The second-order valence-electron chi connectivity index (χ2n) is 8.22. The zero-order chi connectivity index (χ0) is 22.1. The maximum atomic E-state index is 12.9. The molecule has 1 aromatic carbocycles. The summed E-state index contributed by atoms with van der Waals surface area (Å²) >= 11 is 0. The lowest BCUT2D eigenvalue weighted by atomic mass is 10.1. The molecule has 1 aliphatic heterocycles. The molecule has 8 nitrogen and oxygen atoms in total. The van der Waals surface area contributed by atoms with Crippen LogP contribution in [0.4, 0.5) is 0 Å². The van der Waals surface area contributed by atoms with Crippen molar-refractivity contribution in [2.24, 2.45) is 5.92 Å². The van der Waals surface area contributed by atoms with Gasteiger partial charge < -0.3 is 18.3 Å². The molecule has 1 saturated heterocycles. The topological polar surface area (TPSA) is 98.4 Å². The smallest absolute Gasteiger partial charge is 0.289 e. The molecular formula is C24H24N4O4. The van der Waals surface area contributed by atoms with Gasteiger partial charge in [0.1, 0.15) is 11.5 Å². The molecule has 1 atom stereocenters. The van der Waals surface area contributed by atoms with Crippen LogP contribution in [0.25, 0.3) is 11.5 Å². The number of hydrogen-bond acceptors (Lipinski definition) is 7. The summed E-state index contributed by atoms with van der Waals surface area (Å²) in [6.45, 7) is 5.10. The zero-order valence-corrected chi connectivity index (χ0v) is 18.1. The number of aryl methyl sites for hydroxylation is 2. The van der Waals surface area contributed by atoms with Crippen molar-refractivity contribution in [2.75, 3.05) is 13.1 Å². The van der Waals surface area contributed by atoms with Gasteiger partial charge in [-0.15, -0.1) is 10.2 Å². The molecule has 0 aliphatic carbocycles. The lowest BCUT2D eigenvalue weighted by molar-refractivity contribution is 0.0753. The van der Waals surface area contributed by atoms with E-state index < -0.39 is 0 Å². The van der Waals surface area contributed by atoms with E-state index in [1.807, 2.05) is 55.1 Å². The molecule has 1 fully saturated rings. The molecule has 8 heteroatoms. The van der Waals surface area contributed by atoms with Gasteiger partial charge in [-0.2, -0.15) is 0 Å². The number of carbonyl (C=O) groups is 1. The van der Waals surface area contributed by atoms with Crippen molar-refractivity contribution in [1.82, 2.24) is 20.3 Å². The Labute approximate surface area is 185 Å². The molecule has 1 unspecified atom stereocenters. The van der Waals surface area contributed by atoms with Crippen LogP contribution in [-0.2, 0) is 12.8 Å². The number of hydrogen-bond donors (Lipinski definition) is 0. The first-order chi connectivity index (χ1) is 15.6. The number of aromatic nitrogens is 3. The number of carbonyl (C=O) groups excluding carboxylic acids is 1. The number of rotatable bonds is 6. The third kappa shape index (κ3) is 4.08. The van der Waals surface area contributed by atoms with E-state index in [0.29, 0.717) is 43.5 Å². The Kier molecular flexibility index (Phi) is 5.34. The van der Waals surface area contributed by atoms with Crippen molar-refractivity contribution < 1.29 is 18.2 Å². The van der Waals surface area contributed by atoms with E-state index in [-0.39, 0.29) is 11.8 Å². The van der Waals surface area contributed by atoms with E-state index in [1.54, 1.807) is 6.07 Å².